The third-order valence-corrected chi connectivity index (χ3v) is 6.60. The topological polar surface area (TPSA) is 35.9 Å². The summed E-state index contributed by atoms with van der Waals surface area (Å²) >= 11 is 2.97. The first-order valence-corrected chi connectivity index (χ1v) is 9.80. The third-order valence-electron chi connectivity index (χ3n) is 4.16. The molecule has 26 heavy (non-hydrogen) atoms. The fourth-order valence-electron chi connectivity index (χ4n) is 2.82. The Morgan fingerprint density at radius 2 is 1.81 bits per heavy atom. The Bertz CT molecular complexity index is 940. The molecule has 0 aliphatic carbocycles. The first kappa shape index (κ1) is 17.2. The second-order valence-electron chi connectivity index (χ2n) is 5.79. The number of fused-ring (bicyclic) bond motifs is 1. The lowest BCUT2D eigenvalue weighted by Gasteiger charge is -2.15. The lowest BCUT2D eigenvalue weighted by atomic mass is 10.3. The number of nitrogens with zero attached hydrogens (tertiary/aromatic N) is 3. The van der Waals surface area contributed by atoms with Crippen LogP contribution >= 0.6 is 23.5 Å². The minimum Gasteiger partial charge on any atom is -0.337 e. The van der Waals surface area contributed by atoms with Crippen molar-refractivity contribution in [1.29, 1.82) is 0 Å². The van der Waals surface area contributed by atoms with E-state index in [-0.39, 0.29) is 11.7 Å². The number of hydrogen-bond acceptors (Lipinski definition) is 5. The summed E-state index contributed by atoms with van der Waals surface area (Å²) in [4.78, 5) is 23.0. The van der Waals surface area contributed by atoms with Gasteiger partial charge in [0.15, 0.2) is 5.17 Å². The highest BCUT2D eigenvalue weighted by Gasteiger charge is 2.38. The first-order valence-electron chi connectivity index (χ1n) is 8.17. The van der Waals surface area contributed by atoms with E-state index in [0.29, 0.717) is 22.3 Å². The molecule has 2 aromatic rings. The van der Waals surface area contributed by atoms with Crippen LogP contribution in [0.4, 0.5) is 15.8 Å². The summed E-state index contributed by atoms with van der Waals surface area (Å²) in [6, 6.07) is 14.0. The molecule has 1 fully saturated rings. The van der Waals surface area contributed by atoms with Crippen LogP contribution in [-0.2, 0) is 4.79 Å². The molecule has 1 amide bonds. The number of amides is 1. The number of hydrogen-bond donors (Lipinski definition) is 0. The molecule has 4 rings (SSSR count). The molecule has 2 aliphatic rings. The Balaban J connectivity index is 1.72. The van der Waals surface area contributed by atoms with Crippen LogP contribution in [0, 0.1) is 5.82 Å². The van der Waals surface area contributed by atoms with E-state index in [9.17, 15) is 9.18 Å². The summed E-state index contributed by atoms with van der Waals surface area (Å²) in [7, 11) is 1.97. The molecule has 132 valence electrons. The number of thioether (sulfide) groups is 2. The van der Waals surface area contributed by atoms with Gasteiger partial charge in [0, 0.05) is 18.5 Å². The van der Waals surface area contributed by atoms with Crippen LogP contribution in [0.2, 0.25) is 0 Å². The zero-order chi connectivity index (χ0) is 18.3. The zero-order valence-electron chi connectivity index (χ0n) is 14.3. The van der Waals surface area contributed by atoms with Gasteiger partial charge in [-0.3, -0.25) is 9.69 Å². The highest BCUT2D eigenvalue weighted by Crippen LogP contribution is 2.49. The minimum atomic E-state index is -0.305. The predicted molar refractivity (Wildman–Crippen MR) is 106 cm³/mol. The highest BCUT2D eigenvalue weighted by atomic mass is 32.2. The zero-order valence-corrected chi connectivity index (χ0v) is 15.9. The van der Waals surface area contributed by atoms with Crippen LogP contribution in [0.5, 0.6) is 0 Å². The number of likely N-dealkylation sites (N-methyl/N-ethyl adjacent to an activating group) is 1. The molecule has 0 radical (unpaired) electrons. The smallest absolute Gasteiger partial charge is 0.269 e. The monoisotopic (exact) mass is 385 g/mol. The minimum absolute atomic E-state index is 0.0412. The van der Waals surface area contributed by atoms with Crippen molar-refractivity contribution in [2.45, 2.75) is 11.8 Å². The molecular formula is C19H16FN3OS2. The van der Waals surface area contributed by atoms with E-state index >= 15 is 0 Å². The Hall–Kier alpha value is -2.25. The van der Waals surface area contributed by atoms with Crippen molar-refractivity contribution in [3.05, 3.63) is 64.3 Å². The number of rotatable bonds is 2. The molecule has 4 nitrogen and oxygen atoms in total. The fraction of sp³-hybridized carbons (Fsp3) is 0.158. The molecule has 0 atom stereocenters. The fourth-order valence-corrected chi connectivity index (χ4v) is 5.23. The first-order chi connectivity index (χ1) is 12.6. The van der Waals surface area contributed by atoms with Crippen LogP contribution in [0.1, 0.15) is 6.92 Å². The van der Waals surface area contributed by atoms with Crippen molar-refractivity contribution in [2.75, 3.05) is 18.5 Å². The van der Waals surface area contributed by atoms with Crippen LogP contribution < -0.4 is 4.90 Å². The Kier molecular flexibility index (Phi) is 4.50. The van der Waals surface area contributed by atoms with Gasteiger partial charge in [0.1, 0.15) is 10.7 Å². The number of para-hydroxylation sites is 1. The van der Waals surface area contributed by atoms with Crippen LogP contribution in [-0.4, -0.2) is 29.6 Å². The number of carbonyl (C=O) groups excluding carboxylic acids is 1. The number of carbonyl (C=O) groups is 1. The average molecular weight is 385 g/mol. The molecule has 0 N–H and O–H groups in total. The molecule has 2 aromatic carbocycles. The number of aliphatic imine (C=N–C) groups is 1. The summed E-state index contributed by atoms with van der Waals surface area (Å²) in [6.45, 7) is 2.45. The van der Waals surface area contributed by atoms with E-state index in [2.05, 4.69) is 16.0 Å². The van der Waals surface area contributed by atoms with Gasteiger partial charge in [-0.15, -0.1) is 0 Å². The molecule has 0 saturated carbocycles. The molecule has 0 aromatic heterocycles. The summed E-state index contributed by atoms with van der Waals surface area (Å²) in [6.07, 6.45) is 0. The van der Waals surface area contributed by atoms with Crippen molar-refractivity contribution in [1.82, 2.24) is 4.90 Å². The lowest BCUT2D eigenvalue weighted by Crippen LogP contribution is -2.29. The largest absolute Gasteiger partial charge is 0.337 e. The highest BCUT2D eigenvalue weighted by molar-refractivity contribution is 8.19. The van der Waals surface area contributed by atoms with E-state index < -0.39 is 0 Å². The molecular weight excluding hydrogens is 369 g/mol. The van der Waals surface area contributed by atoms with Gasteiger partial charge in [-0.2, -0.15) is 0 Å². The number of anilines is 1. The van der Waals surface area contributed by atoms with Gasteiger partial charge in [0.2, 0.25) is 0 Å². The van der Waals surface area contributed by atoms with Gasteiger partial charge in [0.25, 0.3) is 5.91 Å². The quantitative estimate of drug-likeness (QED) is 0.695. The summed E-state index contributed by atoms with van der Waals surface area (Å²) in [5.74, 6) is -0.346. The van der Waals surface area contributed by atoms with Gasteiger partial charge in [-0.05, 0) is 55.1 Å². The van der Waals surface area contributed by atoms with Crippen molar-refractivity contribution < 1.29 is 9.18 Å². The Morgan fingerprint density at radius 1 is 1.08 bits per heavy atom. The molecule has 0 bridgehead atoms. The maximum absolute atomic E-state index is 13.1. The second kappa shape index (κ2) is 6.81. The standard InChI is InChI=1S/C19H16FN3OS2/c1-3-23-17(24)16(18-22(2)14-6-4-5-7-15(14)25-18)26-19(23)21-13-10-8-12(20)9-11-13/h4-11H,3H2,1-2H3/b18-16-,21-19?. The van der Waals surface area contributed by atoms with E-state index in [1.54, 1.807) is 28.8 Å². The maximum atomic E-state index is 13.1. The van der Waals surface area contributed by atoms with Crippen LogP contribution in [0.3, 0.4) is 0 Å². The summed E-state index contributed by atoms with van der Waals surface area (Å²) in [5, 5.41) is 1.54. The van der Waals surface area contributed by atoms with Crippen molar-refractivity contribution in [3.63, 3.8) is 0 Å². The van der Waals surface area contributed by atoms with Gasteiger partial charge in [0.05, 0.1) is 16.4 Å². The Morgan fingerprint density at radius 3 is 2.50 bits per heavy atom. The normalized spacial score (nSPS) is 21.0. The van der Waals surface area contributed by atoms with Gasteiger partial charge >= 0.3 is 0 Å². The molecule has 0 unspecified atom stereocenters. The SMILES string of the molecule is CCN1C(=O)/C(=C2/Sc3ccccc3N2C)SC1=Nc1ccc(F)cc1. The number of amidine groups is 1. The van der Waals surface area contributed by atoms with Gasteiger partial charge in [-0.25, -0.2) is 9.38 Å². The second-order valence-corrected chi connectivity index (χ2v) is 7.79. The molecule has 1 saturated heterocycles. The van der Waals surface area contributed by atoms with E-state index in [1.807, 2.05) is 32.2 Å². The van der Waals surface area contributed by atoms with Crippen molar-refractivity contribution in [2.24, 2.45) is 4.99 Å². The van der Waals surface area contributed by atoms with Gasteiger partial charge in [-0.1, -0.05) is 23.9 Å². The van der Waals surface area contributed by atoms with Crippen molar-refractivity contribution in [3.8, 4) is 0 Å². The summed E-state index contributed by atoms with van der Waals surface area (Å²) < 4.78 is 13.1. The van der Waals surface area contributed by atoms with E-state index in [0.717, 1.165) is 15.6 Å². The molecule has 0 spiro atoms. The number of benzene rings is 2. The number of halogens is 1. The van der Waals surface area contributed by atoms with Crippen LogP contribution in [0.15, 0.2) is 68.4 Å². The maximum Gasteiger partial charge on any atom is 0.269 e. The molecule has 7 heteroatoms. The molecule has 2 aliphatic heterocycles. The van der Waals surface area contributed by atoms with Crippen molar-refractivity contribution >= 4 is 46.0 Å². The third kappa shape index (κ3) is 2.91. The lowest BCUT2D eigenvalue weighted by molar-refractivity contribution is -0.122. The van der Waals surface area contributed by atoms with E-state index in [1.165, 1.54) is 23.9 Å². The summed E-state index contributed by atoms with van der Waals surface area (Å²) in [5.41, 5.74) is 1.72. The average Bonchev–Trinajstić information content (AvgIpc) is 3.14. The van der Waals surface area contributed by atoms with Gasteiger partial charge < -0.3 is 4.90 Å². The molecule has 2 heterocycles. The Labute approximate surface area is 159 Å². The predicted octanol–water partition coefficient (Wildman–Crippen LogP) is 4.82. The van der Waals surface area contributed by atoms with Crippen LogP contribution in [0.25, 0.3) is 0 Å². The van der Waals surface area contributed by atoms with E-state index in [4.69, 9.17) is 0 Å².